The summed E-state index contributed by atoms with van der Waals surface area (Å²) >= 11 is 4.73. The van der Waals surface area contributed by atoms with E-state index in [1.165, 1.54) is 11.3 Å². The molecule has 3 rings (SSSR count). The third-order valence-electron chi connectivity index (χ3n) is 3.83. The molecule has 1 aliphatic carbocycles. The van der Waals surface area contributed by atoms with Crippen LogP contribution in [0.15, 0.2) is 52.3 Å². The molecular formula is C18H17BrN2O2S. The van der Waals surface area contributed by atoms with Crippen LogP contribution < -0.4 is 10.6 Å². The van der Waals surface area contributed by atoms with Gasteiger partial charge < -0.3 is 10.6 Å². The zero-order valence-electron chi connectivity index (χ0n) is 12.9. The molecule has 2 amide bonds. The fourth-order valence-corrected chi connectivity index (χ4v) is 4.09. The Labute approximate surface area is 153 Å². The minimum Gasteiger partial charge on any atom is -0.324 e. The van der Waals surface area contributed by atoms with Crippen molar-refractivity contribution in [3.8, 4) is 0 Å². The standard InChI is InChI=1S/C18H17BrN2O2S/c19-13-9-10-24-17(13)18(23)21-15-8-4-3-7-14(15)20-16(22)11-12-5-1-2-6-12/h1,3-5,7-10,12H,2,6,11H2,(H,20,22)(H,21,23). The van der Waals surface area contributed by atoms with E-state index in [4.69, 9.17) is 0 Å². The maximum atomic E-state index is 12.4. The highest BCUT2D eigenvalue weighted by atomic mass is 79.9. The van der Waals surface area contributed by atoms with Gasteiger partial charge in [-0.25, -0.2) is 0 Å². The summed E-state index contributed by atoms with van der Waals surface area (Å²) in [6, 6.07) is 9.07. The Balaban J connectivity index is 1.68. The second-order valence-corrected chi connectivity index (χ2v) is 7.39. The highest BCUT2D eigenvalue weighted by molar-refractivity contribution is 9.10. The molecule has 0 fully saturated rings. The molecule has 6 heteroatoms. The first kappa shape index (κ1) is 16.9. The van der Waals surface area contributed by atoms with E-state index in [0.29, 0.717) is 28.6 Å². The highest BCUT2D eigenvalue weighted by Gasteiger charge is 2.17. The molecule has 1 aromatic carbocycles. The number of hydrogen-bond donors (Lipinski definition) is 2. The van der Waals surface area contributed by atoms with E-state index in [0.717, 1.165) is 17.3 Å². The van der Waals surface area contributed by atoms with Gasteiger partial charge >= 0.3 is 0 Å². The third-order valence-corrected chi connectivity index (χ3v) is 5.67. The first-order valence-corrected chi connectivity index (χ1v) is 9.40. The molecule has 0 radical (unpaired) electrons. The van der Waals surface area contributed by atoms with E-state index < -0.39 is 0 Å². The SMILES string of the molecule is O=C(CC1C=CCC1)Nc1ccccc1NC(=O)c1sccc1Br. The number of rotatable bonds is 5. The number of para-hydroxylation sites is 2. The van der Waals surface area contributed by atoms with Crippen molar-refractivity contribution in [3.63, 3.8) is 0 Å². The second kappa shape index (κ2) is 7.77. The first-order valence-electron chi connectivity index (χ1n) is 7.73. The summed E-state index contributed by atoms with van der Waals surface area (Å²) in [6.07, 6.45) is 6.75. The third kappa shape index (κ3) is 4.13. The number of carbonyl (C=O) groups excluding carboxylic acids is 2. The summed E-state index contributed by atoms with van der Waals surface area (Å²) in [5.74, 6) is 0.0803. The molecule has 24 heavy (non-hydrogen) atoms. The predicted octanol–water partition coefficient (Wildman–Crippen LogP) is 5.06. The number of benzene rings is 1. The van der Waals surface area contributed by atoms with Gasteiger partial charge in [0.15, 0.2) is 0 Å². The van der Waals surface area contributed by atoms with Crippen LogP contribution in [0.25, 0.3) is 0 Å². The molecule has 1 heterocycles. The van der Waals surface area contributed by atoms with Gasteiger partial charge in [0.25, 0.3) is 5.91 Å². The zero-order chi connectivity index (χ0) is 16.9. The normalized spacial score (nSPS) is 16.1. The van der Waals surface area contributed by atoms with Gasteiger partial charge in [0.2, 0.25) is 5.91 Å². The Hall–Kier alpha value is -1.92. The van der Waals surface area contributed by atoms with Crippen LogP contribution in [-0.2, 0) is 4.79 Å². The maximum Gasteiger partial charge on any atom is 0.266 e. The van der Waals surface area contributed by atoms with Crippen LogP contribution in [0.5, 0.6) is 0 Å². The molecule has 1 atom stereocenters. The minimum absolute atomic E-state index is 0.0365. The van der Waals surface area contributed by atoms with Crippen LogP contribution in [0.4, 0.5) is 11.4 Å². The fourth-order valence-electron chi connectivity index (χ4n) is 2.64. The number of anilines is 2. The van der Waals surface area contributed by atoms with Gasteiger partial charge in [-0.2, -0.15) is 0 Å². The maximum absolute atomic E-state index is 12.4. The quantitative estimate of drug-likeness (QED) is 0.684. The first-order chi connectivity index (χ1) is 11.6. The molecule has 1 unspecified atom stereocenters. The van der Waals surface area contributed by atoms with Crippen LogP contribution in [-0.4, -0.2) is 11.8 Å². The molecule has 124 valence electrons. The summed E-state index contributed by atoms with van der Waals surface area (Å²) in [6.45, 7) is 0. The van der Waals surface area contributed by atoms with E-state index >= 15 is 0 Å². The lowest BCUT2D eigenvalue weighted by Crippen LogP contribution is -2.17. The molecule has 0 spiro atoms. The average molecular weight is 405 g/mol. The van der Waals surface area contributed by atoms with E-state index in [1.807, 2.05) is 23.6 Å². The fraction of sp³-hybridized carbons (Fsp3) is 0.222. The van der Waals surface area contributed by atoms with Crippen molar-refractivity contribution >= 4 is 50.5 Å². The Morgan fingerprint density at radius 3 is 2.54 bits per heavy atom. The predicted molar refractivity (Wildman–Crippen MR) is 102 cm³/mol. The molecule has 0 aliphatic heterocycles. The Kier molecular flexibility index (Phi) is 5.48. The van der Waals surface area contributed by atoms with Crippen molar-refractivity contribution < 1.29 is 9.59 Å². The zero-order valence-corrected chi connectivity index (χ0v) is 15.3. The van der Waals surface area contributed by atoms with Gasteiger partial charge in [-0.15, -0.1) is 11.3 Å². The lowest BCUT2D eigenvalue weighted by atomic mass is 10.0. The molecule has 4 nitrogen and oxygen atoms in total. The molecule has 2 aromatic rings. The summed E-state index contributed by atoms with van der Waals surface area (Å²) in [5, 5.41) is 7.62. The van der Waals surface area contributed by atoms with Crippen LogP contribution in [0.3, 0.4) is 0 Å². The smallest absolute Gasteiger partial charge is 0.266 e. The molecule has 2 N–H and O–H groups in total. The molecule has 0 saturated heterocycles. The van der Waals surface area contributed by atoms with Crippen molar-refractivity contribution in [2.45, 2.75) is 19.3 Å². The second-order valence-electron chi connectivity index (χ2n) is 5.62. The van der Waals surface area contributed by atoms with Gasteiger partial charge in [0, 0.05) is 10.9 Å². The summed E-state index contributed by atoms with van der Waals surface area (Å²) < 4.78 is 0.763. The van der Waals surface area contributed by atoms with E-state index in [1.54, 1.807) is 12.1 Å². The van der Waals surface area contributed by atoms with Crippen LogP contribution >= 0.6 is 27.3 Å². The number of carbonyl (C=O) groups is 2. The van der Waals surface area contributed by atoms with Crippen molar-refractivity contribution in [2.75, 3.05) is 10.6 Å². The number of nitrogens with one attached hydrogen (secondary N) is 2. The molecular weight excluding hydrogens is 388 g/mol. The van der Waals surface area contributed by atoms with Crippen LogP contribution in [0, 0.1) is 5.92 Å². The molecule has 1 aliphatic rings. The Morgan fingerprint density at radius 1 is 1.17 bits per heavy atom. The number of halogens is 1. The van der Waals surface area contributed by atoms with E-state index in [9.17, 15) is 9.59 Å². The molecule has 1 aromatic heterocycles. The lowest BCUT2D eigenvalue weighted by molar-refractivity contribution is -0.116. The van der Waals surface area contributed by atoms with E-state index in [2.05, 4.69) is 38.7 Å². The van der Waals surface area contributed by atoms with Gasteiger partial charge in [-0.3, -0.25) is 9.59 Å². The van der Waals surface area contributed by atoms with Gasteiger partial charge in [0.05, 0.1) is 11.4 Å². The summed E-state index contributed by atoms with van der Waals surface area (Å²) in [4.78, 5) is 25.2. The number of amides is 2. The van der Waals surface area contributed by atoms with Crippen molar-refractivity contribution in [1.29, 1.82) is 0 Å². The minimum atomic E-state index is -0.197. The van der Waals surface area contributed by atoms with Crippen molar-refractivity contribution in [2.24, 2.45) is 5.92 Å². The van der Waals surface area contributed by atoms with Crippen LogP contribution in [0.2, 0.25) is 0 Å². The number of allylic oxidation sites excluding steroid dienone is 2. The Bertz CT molecular complexity index is 785. The molecule has 0 bridgehead atoms. The summed E-state index contributed by atoms with van der Waals surface area (Å²) in [5.41, 5.74) is 1.21. The number of hydrogen-bond acceptors (Lipinski definition) is 3. The average Bonchev–Trinajstić information content (AvgIpc) is 3.20. The number of thiophene rings is 1. The Morgan fingerprint density at radius 2 is 1.92 bits per heavy atom. The van der Waals surface area contributed by atoms with Crippen LogP contribution in [0.1, 0.15) is 28.9 Å². The van der Waals surface area contributed by atoms with Gasteiger partial charge in [-0.05, 0) is 58.3 Å². The van der Waals surface area contributed by atoms with E-state index in [-0.39, 0.29) is 11.8 Å². The molecule has 0 saturated carbocycles. The highest BCUT2D eigenvalue weighted by Crippen LogP contribution is 2.27. The van der Waals surface area contributed by atoms with Crippen molar-refractivity contribution in [1.82, 2.24) is 0 Å². The van der Waals surface area contributed by atoms with Crippen molar-refractivity contribution in [3.05, 3.63) is 57.2 Å². The van der Waals surface area contributed by atoms with Gasteiger partial charge in [-0.1, -0.05) is 24.3 Å². The van der Waals surface area contributed by atoms with Gasteiger partial charge in [0.1, 0.15) is 4.88 Å². The topological polar surface area (TPSA) is 58.2 Å². The monoisotopic (exact) mass is 404 g/mol. The summed E-state index contributed by atoms with van der Waals surface area (Å²) in [7, 11) is 0. The lowest BCUT2D eigenvalue weighted by Gasteiger charge is -2.13. The largest absolute Gasteiger partial charge is 0.324 e.